The average Bonchev–Trinajstić information content (AvgIpc) is 3.41. The van der Waals surface area contributed by atoms with Crippen LogP contribution in [0.5, 0.6) is 0 Å². The van der Waals surface area contributed by atoms with E-state index in [1.54, 1.807) is 36.0 Å². The van der Waals surface area contributed by atoms with Crippen LogP contribution in [-0.2, 0) is 4.79 Å². The lowest BCUT2D eigenvalue weighted by Gasteiger charge is -2.07. The summed E-state index contributed by atoms with van der Waals surface area (Å²) in [5.41, 5.74) is 1.33. The molecule has 3 rings (SSSR count). The molecule has 4 nitrogen and oxygen atoms in total. The van der Waals surface area contributed by atoms with E-state index in [2.05, 4.69) is 26.6 Å². The summed E-state index contributed by atoms with van der Waals surface area (Å²) >= 11 is 5.06. The zero-order valence-corrected chi connectivity index (χ0v) is 16.0. The minimum absolute atomic E-state index is 0.0280. The van der Waals surface area contributed by atoms with Crippen LogP contribution in [0.2, 0.25) is 0 Å². The number of halogens is 1. The monoisotopic (exact) mass is 418 g/mol. The molecule has 130 valence electrons. The van der Waals surface area contributed by atoms with Crippen LogP contribution in [0.3, 0.4) is 0 Å². The third-order valence-corrected chi connectivity index (χ3v) is 5.30. The van der Waals surface area contributed by atoms with Crippen molar-refractivity contribution >= 4 is 45.2 Å². The van der Waals surface area contributed by atoms with Crippen molar-refractivity contribution in [2.45, 2.75) is 30.2 Å². The van der Waals surface area contributed by atoms with Crippen LogP contribution in [0.25, 0.3) is 0 Å². The van der Waals surface area contributed by atoms with Gasteiger partial charge in [-0.1, -0.05) is 15.9 Å². The molecule has 0 aromatic heterocycles. The Morgan fingerprint density at radius 2 is 1.72 bits per heavy atom. The van der Waals surface area contributed by atoms with Crippen LogP contribution in [0, 0.1) is 0 Å². The minimum Gasteiger partial charge on any atom is -0.349 e. The van der Waals surface area contributed by atoms with E-state index in [1.807, 2.05) is 24.3 Å². The number of benzene rings is 2. The number of rotatable bonds is 7. The maximum absolute atomic E-state index is 12.0. The molecule has 1 aliphatic carbocycles. The first-order valence-corrected chi connectivity index (χ1v) is 9.97. The van der Waals surface area contributed by atoms with Gasteiger partial charge >= 0.3 is 0 Å². The summed E-state index contributed by atoms with van der Waals surface area (Å²) in [7, 11) is 0. The molecule has 0 unspecified atom stereocenters. The summed E-state index contributed by atoms with van der Waals surface area (Å²) in [5, 5.41) is 5.81. The fraction of sp³-hybridized carbons (Fsp3) is 0.263. The predicted octanol–water partition coefficient (Wildman–Crippen LogP) is 4.46. The van der Waals surface area contributed by atoms with E-state index in [-0.39, 0.29) is 11.8 Å². The lowest BCUT2D eigenvalue weighted by Crippen LogP contribution is -2.25. The van der Waals surface area contributed by atoms with Crippen LogP contribution in [0.4, 0.5) is 5.69 Å². The van der Waals surface area contributed by atoms with Crippen molar-refractivity contribution in [2.24, 2.45) is 0 Å². The first kappa shape index (κ1) is 18.0. The Balaban J connectivity index is 1.42. The van der Waals surface area contributed by atoms with Gasteiger partial charge in [-0.05, 0) is 61.4 Å². The molecule has 0 spiro atoms. The molecule has 0 saturated heterocycles. The van der Waals surface area contributed by atoms with Crippen LogP contribution in [0.1, 0.15) is 29.6 Å². The molecule has 0 radical (unpaired) electrons. The molecule has 2 N–H and O–H groups in total. The van der Waals surface area contributed by atoms with Crippen molar-refractivity contribution in [3.63, 3.8) is 0 Å². The Labute approximate surface area is 159 Å². The number of anilines is 1. The number of amides is 2. The van der Waals surface area contributed by atoms with E-state index in [4.69, 9.17) is 0 Å². The predicted molar refractivity (Wildman–Crippen MR) is 105 cm³/mol. The normalized spacial score (nSPS) is 13.3. The molecule has 6 heteroatoms. The highest BCUT2D eigenvalue weighted by molar-refractivity contribution is 9.10. The number of carbonyl (C=O) groups excluding carboxylic acids is 2. The van der Waals surface area contributed by atoms with Gasteiger partial charge in [-0.25, -0.2) is 0 Å². The fourth-order valence-electron chi connectivity index (χ4n) is 2.22. The van der Waals surface area contributed by atoms with Gasteiger partial charge in [0.25, 0.3) is 5.91 Å². The van der Waals surface area contributed by atoms with Gasteiger partial charge in [0.1, 0.15) is 0 Å². The van der Waals surface area contributed by atoms with E-state index in [0.717, 1.165) is 28.0 Å². The number of hydrogen-bond acceptors (Lipinski definition) is 3. The summed E-state index contributed by atoms with van der Waals surface area (Å²) in [6.45, 7) is 0. The molecular formula is C19H19BrN2O2S. The zero-order chi connectivity index (χ0) is 17.6. The number of nitrogens with one attached hydrogen (secondary N) is 2. The molecule has 0 aliphatic heterocycles. The van der Waals surface area contributed by atoms with E-state index >= 15 is 0 Å². The summed E-state index contributed by atoms with van der Waals surface area (Å²) in [5.74, 6) is 0.640. The van der Waals surface area contributed by atoms with Gasteiger partial charge in [0, 0.05) is 38.8 Å². The van der Waals surface area contributed by atoms with Crippen molar-refractivity contribution in [1.29, 1.82) is 0 Å². The summed E-state index contributed by atoms with van der Waals surface area (Å²) in [6, 6.07) is 15.4. The molecule has 0 atom stereocenters. The van der Waals surface area contributed by atoms with Crippen molar-refractivity contribution in [3.05, 3.63) is 58.6 Å². The Hall–Kier alpha value is -1.79. The third kappa shape index (κ3) is 5.90. The SMILES string of the molecule is O=C(CCSc1ccc(Br)cc1)Nc1ccc(C(=O)NC2CC2)cc1. The quantitative estimate of drug-likeness (QED) is 0.652. The highest BCUT2D eigenvalue weighted by Gasteiger charge is 2.23. The second kappa shape index (κ2) is 8.54. The number of thioether (sulfide) groups is 1. The topological polar surface area (TPSA) is 58.2 Å². The van der Waals surface area contributed by atoms with Crippen LogP contribution < -0.4 is 10.6 Å². The molecule has 2 aromatic carbocycles. The highest BCUT2D eigenvalue weighted by atomic mass is 79.9. The van der Waals surface area contributed by atoms with E-state index in [9.17, 15) is 9.59 Å². The Bertz CT molecular complexity index is 743. The van der Waals surface area contributed by atoms with E-state index in [0.29, 0.717) is 23.7 Å². The minimum atomic E-state index is -0.0497. The van der Waals surface area contributed by atoms with Crippen LogP contribution in [-0.4, -0.2) is 23.6 Å². The second-order valence-electron chi connectivity index (χ2n) is 5.93. The van der Waals surface area contributed by atoms with Crippen molar-refractivity contribution in [2.75, 3.05) is 11.1 Å². The lowest BCUT2D eigenvalue weighted by molar-refractivity contribution is -0.115. The number of hydrogen-bond donors (Lipinski definition) is 2. The van der Waals surface area contributed by atoms with Gasteiger partial charge in [-0.2, -0.15) is 0 Å². The lowest BCUT2D eigenvalue weighted by atomic mass is 10.2. The van der Waals surface area contributed by atoms with Gasteiger partial charge in [-0.15, -0.1) is 11.8 Å². The maximum atomic E-state index is 12.0. The first-order chi connectivity index (χ1) is 12.1. The standard InChI is InChI=1S/C19H19BrN2O2S/c20-14-3-9-17(10-4-14)25-12-11-18(23)21-15-5-1-13(2-6-15)19(24)22-16-7-8-16/h1-6,9-10,16H,7-8,11-12H2,(H,21,23)(H,22,24). The highest BCUT2D eigenvalue weighted by Crippen LogP contribution is 2.22. The van der Waals surface area contributed by atoms with Crippen LogP contribution >= 0.6 is 27.7 Å². The van der Waals surface area contributed by atoms with E-state index < -0.39 is 0 Å². The van der Waals surface area contributed by atoms with E-state index in [1.165, 1.54) is 0 Å². The van der Waals surface area contributed by atoms with Crippen molar-refractivity contribution < 1.29 is 9.59 Å². The third-order valence-electron chi connectivity index (χ3n) is 3.75. The van der Waals surface area contributed by atoms with Gasteiger partial charge < -0.3 is 10.6 Å². The Kier molecular flexibility index (Phi) is 6.15. The molecule has 0 heterocycles. The summed E-state index contributed by atoms with van der Waals surface area (Å²) < 4.78 is 1.05. The van der Waals surface area contributed by atoms with Gasteiger partial charge in [-0.3, -0.25) is 9.59 Å². The summed E-state index contributed by atoms with van der Waals surface area (Å²) in [6.07, 6.45) is 2.57. The fourth-order valence-corrected chi connectivity index (χ4v) is 3.33. The molecule has 1 fully saturated rings. The van der Waals surface area contributed by atoms with Crippen molar-refractivity contribution in [3.8, 4) is 0 Å². The Morgan fingerprint density at radius 3 is 2.36 bits per heavy atom. The zero-order valence-electron chi connectivity index (χ0n) is 13.6. The van der Waals surface area contributed by atoms with Gasteiger partial charge in [0.15, 0.2) is 0 Å². The maximum Gasteiger partial charge on any atom is 0.251 e. The smallest absolute Gasteiger partial charge is 0.251 e. The average molecular weight is 419 g/mol. The molecule has 1 saturated carbocycles. The largest absolute Gasteiger partial charge is 0.349 e. The molecule has 25 heavy (non-hydrogen) atoms. The van der Waals surface area contributed by atoms with Gasteiger partial charge in [0.2, 0.25) is 5.91 Å². The first-order valence-electron chi connectivity index (χ1n) is 8.19. The van der Waals surface area contributed by atoms with Crippen molar-refractivity contribution in [1.82, 2.24) is 5.32 Å². The Morgan fingerprint density at radius 1 is 1.04 bits per heavy atom. The van der Waals surface area contributed by atoms with Gasteiger partial charge in [0.05, 0.1) is 0 Å². The second-order valence-corrected chi connectivity index (χ2v) is 8.01. The molecule has 2 amide bonds. The molecular weight excluding hydrogens is 400 g/mol. The summed E-state index contributed by atoms with van der Waals surface area (Å²) in [4.78, 5) is 25.1. The molecule has 1 aliphatic rings. The molecule has 0 bridgehead atoms. The number of carbonyl (C=O) groups is 2. The molecule has 2 aromatic rings. The van der Waals surface area contributed by atoms with Crippen LogP contribution in [0.15, 0.2) is 57.9 Å².